The summed E-state index contributed by atoms with van der Waals surface area (Å²) in [4.78, 5) is 12.7. The molecule has 1 aliphatic heterocycles. The van der Waals surface area contributed by atoms with E-state index in [0.717, 1.165) is 38.5 Å². The van der Waals surface area contributed by atoms with E-state index in [1.165, 1.54) is 6.42 Å². The third-order valence-corrected chi connectivity index (χ3v) is 7.41. The molecular formula is C19H28N2O3S. The minimum atomic E-state index is -3.44. The second-order valence-corrected chi connectivity index (χ2v) is 9.27. The van der Waals surface area contributed by atoms with Gasteiger partial charge in [0.25, 0.3) is 5.91 Å². The summed E-state index contributed by atoms with van der Waals surface area (Å²) in [6.45, 7) is 3.35. The van der Waals surface area contributed by atoms with Crippen molar-refractivity contribution < 1.29 is 13.2 Å². The molecule has 1 N–H and O–H groups in total. The fourth-order valence-corrected chi connectivity index (χ4v) is 5.33. The molecule has 3 rings (SSSR count). The van der Waals surface area contributed by atoms with Gasteiger partial charge in [0.2, 0.25) is 10.0 Å². The van der Waals surface area contributed by atoms with Crippen LogP contribution in [0.1, 0.15) is 62.2 Å². The highest BCUT2D eigenvalue weighted by Gasteiger charge is 2.27. The lowest BCUT2D eigenvalue weighted by Gasteiger charge is -2.29. The van der Waals surface area contributed by atoms with E-state index in [2.05, 4.69) is 12.2 Å². The standard InChI is InChI=1S/C19H28N2O3S/c1-15-7-3-4-8-18(15)20-19(22)16-9-11-17(12-10-16)25(23,24)21-13-5-2-6-14-21/h9-12,15,18H,2-8,13-14H2,1H3,(H,20,22)/t15-,18+/m1/s1. The van der Waals surface area contributed by atoms with Crippen LogP contribution in [0, 0.1) is 5.92 Å². The summed E-state index contributed by atoms with van der Waals surface area (Å²) < 4.78 is 26.9. The number of hydrogen-bond acceptors (Lipinski definition) is 3. The number of carbonyl (C=O) groups is 1. The van der Waals surface area contributed by atoms with Crippen LogP contribution in [0.3, 0.4) is 0 Å². The lowest BCUT2D eigenvalue weighted by atomic mass is 9.86. The van der Waals surface area contributed by atoms with E-state index in [-0.39, 0.29) is 16.8 Å². The largest absolute Gasteiger partial charge is 0.349 e. The maximum atomic E-state index is 12.7. The predicted octanol–water partition coefficient (Wildman–Crippen LogP) is 3.17. The number of hydrogen-bond donors (Lipinski definition) is 1. The molecule has 1 aromatic carbocycles. The van der Waals surface area contributed by atoms with Gasteiger partial charge in [-0.3, -0.25) is 4.79 Å². The van der Waals surface area contributed by atoms with E-state index in [4.69, 9.17) is 0 Å². The Morgan fingerprint density at radius 1 is 1.00 bits per heavy atom. The van der Waals surface area contributed by atoms with Crippen molar-refractivity contribution in [3.05, 3.63) is 29.8 Å². The highest BCUT2D eigenvalue weighted by Crippen LogP contribution is 2.24. The van der Waals surface area contributed by atoms with Crippen LogP contribution in [0.25, 0.3) is 0 Å². The first-order valence-electron chi connectivity index (χ1n) is 9.39. The van der Waals surface area contributed by atoms with Crippen molar-refractivity contribution in [2.45, 2.75) is 62.8 Å². The minimum absolute atomic E-state index is 0.110. The number of sulfonamides is 1. The Morgan fingerprint density at radius 2 is 1.64 bits per heavy atom. The van der Waals surface area contributed by atoms with Gasteiger partial charge >= 0.3 is 0 Å². The Labute approximate surface area is 150 Å². The highest BCUT2D eigenvalue weighted by atomic mass is 32.2. The number of piperidine rings is 1. The van der Waals surface area contributed by atoms with Crippen LogP contribution in [0.2, 0.25) is 0 Å². The van der Waals surface area contributed by atoms with Gasteiger partial charge in [-0.2, -0.15) is 4.31 Å². The van der Waals surface area contributed by atoms with E-state index < -0.39 is 10.0 Å². The molecule has 6 heteroatoms. The Bertz CT molecular complexity index is 694. The SMILES string of the molecule is C[C@@H]1CCCC[C@@H]1NC(=O)c1ccc(S(=O)(=O)N2CCCCC2)cc1. The lowest BCUT2D eigenvalue weighted by molar-refractivity contribution is 0.0910. The number of benzene rings is 1. The van der Waals surface area contributed by atoms with Gasteiger partial charge in [0.05, 0.1) is 4.90 Å². The third-order valence-electron chi connectivity index (χ3n) is 5.50. The average molecular weight is 365 g/mol. The van der Waals surface area contributed by atoms with Crippen LogP contribution in [-0.4, -0.2) is 37.8 Å². The van der Waals surface area contributed by atoms with Crippen LogP contribution in [0.5, 0.6) is 0 Å². The second kappa shape index (κ2) is 7.87. The van der Waals surface area contributed by atoms with Crippen LogP contribution in [0.15, 0.2) is 29.2 Å². The van der Waals surface area contributed by atoms with Gasteiger partial charge in [0, 0.05) is 24.7 Å². The van der Waals surface area contributed by atoms with Crippen LogP contribution >= 0.6 is 0 Å². The summed E-state index contributed by atoms with van der Waals surface area (Å²) >= 11 is 0. The van der Waals surface area contributed by atoms with Crippen molar-refractivity contribution in [2.75, 3.05) is 13.1 Å². The minimum Gasteiger partial charge on any atom is -0.349 e. The van der Waals surface area contributed by atoms with E-state index in [1.807, 2.05) is 0 Å². The molecule has 25 heavy (non-hydrogen) atoms. The van der Waals surface area contributed by atoms with Crippen LogP contribution in [-0.2, 0) is 10.0 Å². The number of rotatable bonds is 4. The van der Waals surface area contributed by atoms with Gasteiger partial charge in [-0.15, -0.1) is 0 Å². The fourth-order valence-electron chi connectivity index (χ4n) is 3.82. The van der Waals surface area contributed by atoms with Crippen molar-refractivity contribution in [3.8, 4) is 0 Å². The molecule has 1 aromatic rings. The second-order valence-electron chi connectivity index (χ2n) is 7.33. The Hall–Kier alpha value is -1.40. The normalized spacial score (nSPS) is 25.5. The van der Waals surface area contributed by atoms with Gasteiger partial charge in [-0.1, -0.05) is 26.2 Å². The van der Waals surface area contributed by atoms with Gasteiger partial charge < -0.3 is 5.32 Å². The zero-order valence-corrected chi connectivity index (χ0v) is 15.7. The van der Waals surface area contributed by atoms with Gasteiger partial charge in [-0.05, 0) is 55.9 Å². The first-order chi connectivity index (χ1) is 12.0. The highest BCUT2D eigenvalue weighted by molar-refractivity contribution is 7.89. The first-order valence-corrected chi connectivity index (χ1v) is 10.8. The smallest absolute Gasteiger partial charge is 0.251 e. The molecule has 138 valence electrons. The molecule has 2 fully saturated rings. The summed E-state index contributed by atoms with van der Waals surface area (Å²) in [5, 5.41) is 3.11. The summed E-state index contributed by atoms with van der Waals surface area (Å²) in [6, 6.07) is 6.59. The number of amides is 1. The average Bonchev–Trinajstić information content (AvgIpc) is 2.64. The molecule has 0 bridgehead atoms. The summed E-state index contributed by atoms with van der Waals surface area (Å²) in [7, 11) is -3.44. The number of carbonyl (C=O) groups excluding carboxylic acids is 1. The van der Waals surface area contributed by atoms with Crippen molar-refractivity contribution >= 4 is 15.9 Å². The maximum Gasteiger partial charge on any atom is 0.251 e. The summed E-state index contributed by atoms with van der Waals surface area (Å²) in [6.07, 6.45) is 7.48. The van der Waals surface area contributed by atoms with Crippen molar-refractivity contribution in [1.82, 2.24) is 9.62 Å². The van der Waals surface area contributed by atoms with Crippen LogP contribution < -0.4 is 5.32 Å². The van der Waals surface area contributed by atoms with Crippen molar-refractivity contribution in [2.24, 2.45) is 5.92 Å². The van der Waals surface area contributed by atoms with E-state index in [0.29, 0.717) is 24.6 Å². The van der Waals surface area contributed by atoms with E-state index in [9.17, 15) is 13.2 Å². The Kier molecular flexibility index (Phi) is 5.79. The molecule has 1 saturated carbocycles. The topological polar surface area (TPSA) is 66.5 Å². The molecule has 5 nitrogen and oxygen atoms in total. The van der Waals surface area contributed by atoms with Crippen LogP contribution in [0.4, 0.5) is 0 Å². The lowest BCUT2D eigenvalue weighted by Crippen LogP contribution is -2.41. The third kappa shape index (κ3) is 4.23. The van der Waals surface area contributed by atoms with Crippen molar-refractivity contribution in [1.29, 1.82) is 0 Å². The van der Waals surface area contributed by atoms with Gasteiger partial charge in [0.1, 0.15) is 0 Å². The fraction of sp³-hybridized carbons (Fsp3) is 0.632. The molecule has 1 heterocycles. The molecule has 2 atom stereocenters. The van der Waals surface area contributed by atoms with E-state index in [1.54, 1.807) is 28.6 Å². The monoisotopic (exact) mass is 364 g/mol. The summed E-state index contributed by atoms with van der Waals surface area (Å²) in [5.41, 5.74) is 0.523. The molecule has 0 aromatic heterocycles. The molecule has 1 aliphatic carbocycles. The molecule has 2 aliphatic rings. The molecule has 0 unspecified atom stereocenters. The molecule has 0 radical (unpaired) electrons. The van der Waals surface area contributed by atoms with E-state index >= 15 is 0 Å². The zero-order chi connectivity index (χ0) is 17.9. The quantitative estimate of drug-likeness (QED) is 0.892. The molecule has 1 saturated heterocycles. The first kappa shape index (κ1) is 18.4. The zero-order valence-electron chi connectivity index (χ0n) is 14.9. The Morgan fingerprint density at radius 3 is 2.28 bits per heavy atom. The van der Waals surface area contributed by atoms with Crippen molar-refractivity contribution in [3.63, 3.8) is 0 Å². The van der Waals surface area contributed by atoms with Gasteiger partial charge in [0.15, 0.2) is 0 Å². The predicted molar refractivity (Wildman–Crippen MR) is 97.9 cm³/mol. The summed E-state index contributed by atoms with van der Waals surface area (Å²) in [5.74, 6) is 0.386. The number of nitrogens with one attached hydrogen (secondary N) is 1. The number of nitrogens with zero attached hydrogens (tertiary/aromatic N) is 1. The van der Waals surface area contributed by atoms with Gasteiger partial charge in [-0.25, -0.2) is 8.42 Å². The molecule has 0 spiro atoms. The maximum absolute atomic E-state index is 12.7. The Balaban J connectivity index is 1.68. The molecule has 1 amide bonds. The molecular weight excluding hydrogens is 336 g/mol.